The van der Waals surface area contributed by atoms with Gasteiger partial charge >= 0.3 is 0 Å². The minimum absolute atomic E-state index is 0.497. The first-order valence-electron chi connectivity index (χ1n) is 7.59. The Hall–Kier alpha value is -0.800. The lowest BCUT2D eigenvalue weighted by molar-refractivity contribution is 0.108. The van der Waals surface area contributed by atoms with Gasteiger partial charge in [-0.15, -0.1) is 0 Å². The Morgan fingerprint density at radius 1 is 1.26 bits per heavy atom. The zero-order valence-electron chi connectivity index (χ0n) is 12.8. The Morgan fingerprint density at radius 3 is 2.74 bits per heavy atom. The Labute approximate surface area is 117 Å². The molecule has 1 aliphatic heterocycles. The number of hydrogen-bond acceptors (Lipinski definition) is 3. The van der Waals surface area contributed by atoms with Crippen LogP contribution < -0.4 is 5.32 Å². The molecule has 2 atom stereocenters. The van der Waals surface area contributed by atoms with Crippen LogP contribution in [0.1, 0.15) is 52.1 Å². The van der Waals surface area contributed by atoms with Gasteiger partial charge in [0.25, 0.3) is 0 Å². The van der Waals surface area contributed by atoms with Gasteiger partial charge in [0.05, 0.1) is 13.1 Å². The quantitative estimate of drug-likeness (QED) is 0.883. The fraction of sp³-hybridized carbons (Fsp3) is 0.750. The van der Waals surface area contributed by atoms with Crippen molar-refractivity contribution in [1.29, 1.82) is 0 Å². The molecule has 0 radical (unpaired) electrons. The molecule has 2 rings (SSSR count). The van der Waals surface area contributed by atoms with Crippen LogP contribution in [0.5, 0.6) is 0 Å². The van der Waals surface area contributed by atoms with Gasteiger partial charge in [-0.1, -0.05) is 20.8 Å². The molecule has 2 unspecified atom stereocenters. The van der Waals surface area contributed by atoms with Gasteiger partial charge < -0.3 is 9.73 Å². The van der Waals surface area contributed by atoms with E-state index in [1.165, 1.54) is 19.4 Å². The highest BCUT2D eigenvalue weighted by Gasteiger charge is 2.23. The van der Waals surface area contributed by atoms with E-state index >= 15 is 0 Å². The van der Waals surface area contributed by atoms with Gasteiger partial charge in [-0.2, -0.15) is 0 Å². The largest absolute Gasteiger partial charge is 0.463 e. The summed E-state index contributed by atoms with van der Waals surface area (Å²) in [4.78, 5) is 2.55. The molecule has 108 valence electrons. The van der Waals surface area contributed by atoms with Crippen molar-refractivity contribution >= 4 is 0 Å². The first-order chi connectivity index (χ1) is 9.04. The summed E-state index contributed by atoms with van der Waals surface area (Å²) in [6.07, 6.45) is 2.67. The minimum atomic E-state index is 0.497. The fourth-order valence-electron chi connectivity index (χ4n) is 2.71. The van der Waals surface area contributed by atoms with E-state index in [4.69, 9.17) is 4.42 Å². The van der Waals surface area contributed by atoms with Crippen molar-refractivity contribution in [3.05, 3.63) is 23.7 Å². The lowest BCUT2D eigenvalue weighted by Gasteiger charge is -2.36. The molecule has 1 saturated heterocycles. The summed E-state index contributed by atoms with van der Waals surface area (Å²) in [5.41, 5.74) is 0. The highest BCUT2D eigenvalue weighted by Crippen LogP contribution is 2.23. The molecule has 0 aliphatic carbocycles. The second-order valence-corrected chi connectivity index (χ2v) is 6.36. The van der Waals surface area contributed by atoms with Gasteiger partial charge in [-0.05, 0) is 37.8 Å². The van der Waals surface area contributed by atoms with Crippen LogP contribution in [-0.4, -0.2) is 23.5 Å². The van der Waals surface area contributed by atoms with Crippen molar-refractivity contribution in [1.82, 2.24) is 10.2 Å². The van der Waals surface area contributed by atoms with Crippen LogP contribution in [0.2, 0.25) is 0 Å². The molecular formula is C16H28N2O. The van der Waals surface area contributed by atoms with E-state index in [0.29, 0.717) is 12.1 Å². The SMILES string of the molecule is CC1CCC(C)N(Cc2ccc(CNC(C)C)o2)C1. The average Bonchev–Trinajstić information content (AvgIpc) is 2.79. The van der Waals surface area contributed by atoms with E-state index in [1.54, 1.807) is 0 Å². The number of hydrogen-bond donors (Lipinski definition) is 1. The third kappa shape index (κ3) is 4.36. The van der Waals surface area contributed by atoms with Crippen LogP contribution >= 0.6 is 0 Å². The molecule has 0 aromatic carbocycles. The van der Waals surface area contributed by atoms with E-state index in [-0.39, 0.29) is 0 Å². The summed E-state index contributed by atoms with van der Waals surface area (Å²) in [7, 11) is 0. The van der Waals surface area contributed by atoms with Crippen LogP contribution in [0.15, 0.2) is 16.5 Å². The third-order valence-electron chi connectivity index (χ3n) is 4.01. The monoisotopic (exact) mass is 264 g/mol. The summed E-state index contributed by atoms with van der Waals surface area (Å²) in [5, 5.41) is 3.39. The second-order valence-electron chi connectivity index (χ2n) is 6.36. The molecule has 1 aromatic heterocycles. The number of nitrogens with zero attached hydrogens (tertiary/aromatic N) is 1. The number of rotatable bonds is 5. The number of furan rings is 1. The molecule has 0 saturated carbocycles. The maximum absolute atomic E-state index is 5.92. The lowest BCUT2D eigenvalue weighted by Crippen LogP contribution is -2.40. The molecule has 0 amide bonds. The Morgan fingerprint density at radius 2 is 2.00 bits per heavy atom. The molecular weight excluding hydrogens is 236 g/mol. The second kappa shape index (κ2) is 6.58. The highest BCUT2D eigenvalue weighted by atomic mass is 16.3. The van der Waals surface area contributed by atoms with Gasteiger partial charge in [-0.25, -0.2) is 0 Å². The smallest absolute Gasteiger partial charge is 0.118 e. The van der Waals surface area contributed by atoms with Gasteiger partial charge in [0.15, 0.2) is 0 Å². The van der Waals surface area contributed by atoms with Crippen LogP contribution in [0.4, 0.5) is 0 Å². The van der Waals surface area contributed by atoms with Gasteiger partial charge in [0.2, 0.25) is 0 Å². The Kier molecular flexibility index (Phi) is 5.06. The molecule has 1 aliphatic rings. The number of nitrogens with one attached hydrogen (secondary N) is 1. The summed E-state index contributed by atoms with van der Waals surface area (Å²) in [6.45, 7) is 12.0. The molecule has 1 aromatic rings. The van der Waals surface area contributed by atoms with E-state index in [1.807, 2.05) is 0 Å². The van der Waals surface area contributed by atoms with Crippen LogP contribution in [0.25, 0.3) is 0 Å². The standard InChI is InChI=1S/C16H28N2O/c1-12(2)17-9-15-7-8-16(19-15)11-18-10-13(3)5-6-14(18)4/h7-8,12-14,17H,5-6,9-11H2,1-4H3. The average molecular weight is 264 g/mol. The van der Waals surface area contributed by atoms with Gasteiger partial charge in [0, 0.05) is 18.6 Å². The maximum atomic E-state index is 5.92. The van der Waals surface area contributed by atoms with Crippen LogP contribution in [0, 0.1) is 5.92 Å². The van der Waals surface area contributed by atoms with Gasteiger partial charge in [-0.3, -0.25) is 4.90 Å². The Balaban J connectivity index is 1.88. The highest BCUT2D eigenvalue weighted by molar-refractivity contribution is 5.07. The number of likely N-dealkylation sites (tertiary alicyclic amines) is 1. The Bertz CT molecular complexity index is 386. The van der Waals surface area contributed by atoms with Crippen molar-refractivity contribution in [2.45, 2.75) is 65.7 Å². The normalized spacial score (nSPS) is 25.1. The third-order valence-corrected chi connectivity index (χ3v) is 4.01. The summed E-state index contributed by atoms with van der Waals surface area (Å²) in [5.74, 6) is 2.95. The number of piperidine rings is 1. The molecule has 1 fully saturated rings. The molecule has 19 heavy (non-hydrogen) atoms. The van der Waals surface area contributed by atoms with E-state index in [0.717, 1.165) is 30.5 Å². The molecule has 3 nitrogen and oxygen atoms in total. The van der Waals surface area contributed by atoms with Gasteiger partial charge in [0.1, 0.15) is 11.5 Å². The van der Waals surface area contributed by atoms with Crippen LogP contribution in [0.3, 0.4) is 0 Å². The molecule has 1 N–H and O–H groups in total. The van der Waals surface area contributed by atoms with Crippen molar-refractivity contribution in [2.24, 2.45) is 5.92 Å². The maximum Gasteiger partial charge on any atom is 0.118 e. The van der Waals surface area contributed by atoms with E-state index in [9.17, 15) is 0 Å². The zero-order chi connectivity index (χ0) is 13.8. The minimum Gasteiger partial charge on any atom is -0.463 e. The molecule has 0 bridgehead atoms. The van der Waals surface area contributed by atoms with Crippen molar-refractivity contribution in [3.8, 4) is 0 Å². The van der Waals surface area contributed by atoms with Crippen molar-refractivity contribution in [3.63, 3.8) is 0 Å². The zero-order valence-corrected chi connectivity index (χ0v) is 12.8. The van der Waals surface area contributed by atoms with Crippen molar-refractivity contribution in [2.75, 3.05) is 6.54 Å². The lowest BCUT2D eigenvalue weighted by atomic mass is 9.95. The first-order valence-corrected chi connectivity index (χ1v) is 7.59. The molecule has 0 spiro atoms. The predicted octanol–water partition coefficient (Wildman–Crippen LogP) is 3.40. The predicted molar refractivity (Wildman–Crippen MR) is 79.0 cm³/mol. The van der Waals surface area contributed by atoms with Crippen LogP contribution in [-0.2, 0) is 13.1 Å². The van der Waals surface area contributed by atoms with E-state index < -0.39 is 0 Å². The first kappa shape index (κ1) is 14.6. The van der Waals surface area contributed by atoms with E-state index in [2.05, 4.69) is 50.0 Å². The summed E-state index contributed by atoms with van der Waals surface area (Å²) >= 11 is 0. The fourth-order valence-corrected chi connectivity index (χ4v) is 2.71. The van der Waals surface area contributed by atoms with Crippen molar-refractivity contribution < 1.29 is 4.42 Å². The summed E-state index contributed by atoms with van der Waals surface area (Å²) < 4.78 is 5.92. The topological polar surface area (TPSA) is 28.4 Å². The summed E-state index contributed by atoms with van der Waals surface area (Å²) in [6, 6.07) is 5.40. The molecule has 3 heteroatoms. The molecule has 2 heterocycles.